The van der Waals surface area contributed by atoms with Gasteiger partial charge in [-0.3, -0.25) is 0 Å². The number of rotatable bonds is 4. The van der Waals surface area contributed by atoms with Crippen molar-refractivity contribution in [1.29, 1.82) is 0 Å². The molecule has 112 valence electrons. The molecule has 0 saturated heterocycles. The second-order valence-corrected chi connectivity index (χ2v) is 5.65. The second kappa shape index (κ2) is 6.24. The van der Waals surface area contributed by atoms with Crippen LogP contribution in [0, 0.1) is 0 Å². The Labute approximate surface area is 134 Å². The number of fused-ring (bicyclic) bond motifs is 1. The number of hydrogen-bond acceptors (Lipinski definition) is 2. The summed E-state index contributed by atoms with van der Waals surface area (Å²) in [5, 5.41) is 12.6. The number of hydrogen-bond donors (Lipinski definition) is 1. The molecule has 0 aliphatic carbocycles. The summed E-state index contributed by atoms with van der Waals surface area (Å²) in [4.78, 5) is 0. The van der Waals surface area contributed by atoms with Crippen molar-refractivity contribution in [1.82, 2.24) is 0 Å². The fourth-order valence-corrected chi connectivity index (χ4v) is 2.59. The van der Waals surface area contributed by atoms with Crippen molar-refractivity contribution in [3.63, 3.8) is 0 Å². The molecule has 0 saturated carbocycles. The lowest BCUT2D eigenvalue weighted by atomic mass is 10.1. The third-order valence-corrected chi connectivity index (χ3v) is 3.96. The van der Waals surface area contributed by atoms with E-state index in [4.69, 9.17) is 16.3 Å². The van der Waals surface area contributed by atoms with E-state index in [2.05, 4.69) is 10.8 Å². The molecule has 0 fully saturated rings. The molecule has 0 spiro atoms. The van der Waals surface area contributed by atoms with Crippen LogP contribution in [-0.2, 0) is 13.0 Å². The zero-order valence-electron chi connectivity index (χ0n) is 12.3. The first-order valence-corrected chi connectivity index (χ1v) is 7.48. The van der Waals surface area contributed by atoms with Crippen molar-refractivity contribution in [2.45, 2.75) is 13.0 Å². The maximum atomic E-state index is 9.81. The van der Waals surface area contributed by atoms with Crippen molar-refractivity contribution >= 4 is 22.4 Å². The first-order chi connectivity index (χ1) is 10.7. The minimum atomic E-state index is 0.161. The number of halogens is 1. The third-order valence-electron chi connectivity index (χ3n) is 3.71. The number of methoxy groups -OCH3 is 1. The van der Waals surface area contributed by atoms with E-state index in [1.54, 1.807) is 13.2 Å². The van der Waals surface area contributed by atoms with Gasteiger partial charge in [0.25, 0.3) is 0 Å². The normalized spacial score (nSPS) is 10.8. The maximum absolute atomic E-state index is 9.81. The van der Waals surface area contributed by atoms with Gasteiger partial charge in [-0.25, -0.2) is 4.57 Å². The molecule has 3 nitrogen and oxygen atoms in total. The molecule has 0 unspecified atom stereocenters. The van der Waals surface area contributed by atoms with Crippen LogP contribution in [0.5, 0.6) is 11.5 Å². The van der Waals surface area contributed by atoms with Crippen LogP contribution in [0.25, 0.3) is 10.8 Å². The summed E-state index contributed by atoms with van der Waals surface area (Å²) in [6.45, 7) is 0.876. The highest BCUT2D eigenvalue weighted by atomic mass is 35.5. The second-order valence-electron chi connectivity index (χ2n) is 5.21. The lowest BCUT2D eigenvalue weighted by molar-refractivity contribution is -0.695. The Kier molecular flexibility index (Phi) is 4.16. The molecule has 0 atom stereocenters. The molecule has 1 N–H and O–H groups in total. The minimum absolute atomic E-state index is 0.161. The lowest BCUT2D eigenvalue weighted by Gasteiger charge is -2.05. The highest BCUT2D eigenvalue weighted by molar-refractivity contribution is 6.30. The first kappa shape index (κ1) is 14.7. The lowest BCUT2D eigenvalue weighted by Crippen LogP contribution is -2.33. The Morgan fingerprint density at radius 2 is 1.86 bits per heavy atom. The summed E-state index contributed by atoms with van der Waals surface area (Å²) in [5.41, 5.74) is 1.25. The molecule has 1 aromatic heterocycles. The van der Waals surface area contributed by atoms with Gasteiger partial charge in [-0.15, -0.1) is 0 Å². The van der Waals surface area contributed by atoms with Gasteiger partial charge in [-0.05, 0) is 35.2 Å². The van der Waals surface area contributed by atoms with Crippen LogP contribution in [0.3, 0.4) is 0 Å². The Balaban J connectivity index is 1.82. The molecule has 2 aromatic carbocycles. The quantitative estimate of drug-likeness (QED) is 0.744. The van der Waals surface area contributed by atoms with Gasteiger partial charge < -0.3 is 9.84 Å². The van der Waals surface area contributed by atoms with E-state index >= 15 is 0 Å². The summed E-state index contributed by atoms with van der Waals surface area (Å²) in [6, 6.07) is 13.5. The predicted octanol–water partition coefficient (Wildman–Crippen LogP) is 3.74. The number of phenols is 1. The molecule has 4 heteroatoms. The average molecular weight is 315 g/mol. The van der Waals surface area contributed by atoms with Gasteiger partial charge in [-0.2, -0.15) is 0 Å². The minimum Gasteiger partial charge on any atom is -0.504 e. The van der Waals surface area contributed by atoms with Gasteiger partial charge in [0, 0.05) is 22.9 Å². The smallest absolute Gasteiger partial charge is 0.176 e. The fourth-order valence-electron chi connectivity index (χ4n) is 2.47. The molecule has 22 heavy (non-hydrogen) atoms. The topological polar surface area (TPSA) is 33.3 Å². The van der Waals surface area contributed by atoms with Crippen LogP contribution >= 0.6 is 11.6 Å². The molecule has 0 amide bonds. The van der Waals surface area contributed by atoms with Crippen LogP contribution in [0.1, 0.15) is 5.56 Å². The predicted molar refractivity (Wildman–Crippen MR) is 87.5 cm³/mol. The molecular formula is C18H17ClNO2+. The SMILES string of the molecule is COc1cc2c[n+](CCc3ccc(Cl)cc3)ccc2cc1O. The van der Waals surface area contributed by atoms with Crippen molar-refractivity contribution in [3.8, 4) is 11.5 Å². The standard InChI is InChI=1S/C18H16ClNO2/c1-22-18-11-15-12-20(9-7-14(15)10-17(18)21)8-6-13-2-4-16(19)5-3-13/h2-5,7,9-12H,6,8H2,1H3/p+1. The number of aromatic nitrogens is 1. The van der Waals surface area contributed by atoms with Gasteiger partial charge >= 0.3 is 0 Å². The van der Waals surface area contributed by atoms with Gasteiger partial charge in [-0.1, -0.05) is 23.7 Å². The van der Waals surface area contributed by atoms with Crippen molar-refractivity contribution in [3.05, 3.63) is 65.4 Å². The summed E-state index contributed by atoms with van der Waals surface area (Å²) in [5.74, 6) is 0.650. The Morgan fingerprint density at radius 1 is 1.09 bits per heavy atom. The molecule has 3 rings (SSSR count). The maximum Gasteiger partial charge on any atom is 0.176 e. The number of aryl methyl sites for hydroxylation is 2. The molecule has 0 aliphatic rings. The van der Waals surface area contributed by atoms with E-state index < -0.39 is 0 Å². The number of ether oxygens (including phenoxy) is 1. The van der Waals surface area contributed by atoms with Crippen molar-refractivity contribution < 1.29 is 14.4 Å². The first-order valence-electron chi connectivity index (χ1n) is 7.10. The summed E-state index contributed by atoms with van der Waals surface area (Å²) < 4.78 is 7.29. The number of phenolic OH excluding ortho intramolecular Hbond substituents is 1. The Bertz CT molecular complexity index is 800. The fraction of sp³-hybridized carbons (Fsp3) is 0.167. The molecule has 1 heterocycles. The van der Waals surface area contributed by atoms with Crippen LogP contribution in [0.4, 0.5) is 0 Å². The van der Waals surface area contributed by atoms with Gasteiger partial charge in [0.15, 0.2) is 30.4 Å². The van der Waals surface area contributed by atoms with Crippen LogP contribution in [0.15, 0.2) is 54.9 Å². The Morgan fingerprint density at radius 3 is 2.59 bits per heavy atom. The zero-order chi connectivity index (χ0) is 15.5. The van der Waals surface area contributed by atoms with Crippen LogP contribution in [-0.4, -0.2) is 12.2 Å². The molecular weight excluding hydrogens is 298 g/mol. The largest absolute Gasteiger partial charge is 0.504 e. The van der Waals surface area contributed by atoms with E-state index in [9.17, 15) is 5.11 Å². The van der Waals surface area contributed by atoms with Crippen molar-refractivity contribution in [2.24, 2.45) is 0 Å². The summed E-state index contributed by atoms with van der Waals surface area (Å²) in [7, 11) is 1.55. The third kappa shape index (κ3) is 3.15. The monoisotopic (exact) mass is 314 g/mol. The number of nitrogens with zero attached hydrogens (tertiary/aromatic N) is 1. The van der Waals surface area contributed by atoms with E-state index in [1.807, 2.05) is 42.6 Å². The number of pyridine rings is 1. The van der Waals surface area contributed by atoms with E-state index in [0.29, 0.717) is 5.75 Å². The molecule has 0 radical (unpaired) electrons. The highest BCUT2D eigenvalue weighted by Gasteiger charge is 2.08. The van der Waals surface area contributed by atoms with Gasteiger partial charge in [0.05, 0.1) is 7.11 Å². The van der Waals surface area contributed by atoms with E-state index in [-0.39, 0.29) is 5.75 Å². The molecule has 3 aromatic rings. The molecule has 0 bridgehead atoms. The number of aromatic hydroxyl groups is 1. The highest BCUT2D eigenvalue weighted by Crippen LogP contribution is 2.30. The summed E-state index contributed by atoms with van der Waals surface area (Å²) in [6.07, 6.45) is 5.01. The van der Waals surface area contributed by atoms with Crippen LogP contribution < -0.4 is 9.30 Å². The zero-order valence-corrected chi connectivity index (χ0v) is 13.0. The molecule has 0 aliphatic heterocycles. The van der Waals surface area contributed by atoms with Gasteiger partial charge in [0.1, 0.15) is 0 Å². The van der Waals surface area contributed by atoms with Crippen molar-refractivity contribution in [2.75, 3.05) is 7.11 Å². The van der Waals surface area contributed by atoms with Crippen LogP contribution in [0.2, 0.25) is 5.02 Å². The van der Waals surface area contributed by atoms with E-state index in [0.717, 1.165) is 28.8 Å². The Hall–Kier alpha value is -2.26. The van der Waals surface area contributed by atoms with Gasteiger partial charge in [0.2, 0.25) is 0 Å². The average Bonchev–Trinajstić information content (AvgIpc) is 2.53. The number of benzene rings is 2. The summed E-state index contributed by atoms with van der Waals surface area (Å²) >= 11 is 5.90. The van der Waals surface area contributed by atoms with E-state index in [1.165, 1.54) is 5.56 Å².